The predicted octanol–water partition coefficient (Wildman–Crippen LogP) is -1.72. The van der Waals surface area contributed by atoms with Gasteiger partial charge in [-0.15, -0.1) is 0 Å². The maximum atomic E-state index is 11.2. The fourth-order valence-corrected chi connectivity index (χ4v) is 18.4. The summed E-state index contributed by atoms with van der Waals surface area (Å²) in [6.45, 7) is 1.75. The summed E-state index contributed by atoms with van der Waals surface area (Å²) in [5.74, 6) is -1.05. The van der Waals surface area contributed by atoms with E-state index in [4.69, 9.17) is 9.53 Å². The van der Waals surface area contributed by atoms with Crippen molar-refractivity contribution in [2.24, 2.45) is 0 Å². The van der Waals surface area contributed by atoms with Gasteiger partial charge >= 0.3 is 5.97 Å². The Labute approximate surface area is 107 Å². The van der Waals surface area contributed by atoms with Crippen molar-refractivity contribution in [2.75, 3.05) is 13.2 Å². The summed E-state index contributed by atoms with van der Waals surface area (Å²) in [5, 5.41) is 11.2. The lowest BCUT2D eigenvalue weighted by molar-refractivity contribution is -0.138. The van der Waals surface area contributed by atoms with Gasteiger partial charge in [0, 0.05) is 36.4 Å². The van der Waals surface area contributed by atoms with Crippen molar-refractivity contribution in [1.82, 2.24) is 5.32 Å². The van der Waals surface area contributed by atoms with Gasteiger partial charge < -0.3 is 14.8 Å². The van der Waals surface area contributed by atoms with Crippen LogP contribution < -0.4 is 5.32 Å². The van der Waals surface area contributed by atoms with Gasteiger partial charge in [0.25, 0.3) is 0 Å². The largest absolute Gasteiger partial charge is 0.481 e. The number of rotatable bonds is 7. The Morgan fingerprint density at radius 3 is 2.88 bits per heavy atom. The average molecular weight is 292 g/mol. The molecule has 0 aromatic heterocycles. The number of carboxylic acid groups (broad SMARTS) is 1. The lowest BCUT2D eigenvalue weighted by Crippen LogP contribution is -2.38. The number of carboxylic acids is 1. The van der Waals surface area contributed by atoms with Gasteiger partial charge in [-0.05, 0) is 12.5 Å². The van der Waals surface area contributed by atoms with Gasteiger partial charge in [-0.1, -0.05) is 6.04 Å². The minimum atomic E-state index is -0.913. The van der Waals surface area contributed by atoms with Crippen molar-refractivity contribution >= 4 is 38.0 Å². The summed E-state index contributed by atoms with van der Waals surface area (Å²) in [4.78, 5) is 21.5. The maximum absolute atomic E-state index is 11.2. The lowest BCUT2D eigenvalue weighted by Gasteiger charge is -2.19. The number of amides is 1. The van der Waals surface area contributed by atoms with E-state index < -0.39 is 13.8 Å². The SMILES string of the molecule is O=C(O)CCC(=O)NCCC[SiH]1[SiH2]CCO[SiH2]1. The van der Waals surface area contributed by atoms with Crippen LogP contribution in [0.2, 0.25) is 12.1 Å². The molecule has 1 fully saturated rings. The molecule has 1 amide bonds. The summed E-state index contributed by atoms with van der Waals surface area (Å²) < 4.78 is 5.61. The summed E-state index contributed by atoms with van der Waals surface area (Å²) >= 11 is 0. The van der Waals surface area contributed by atoms with Crippen LogP contribution in [-0.2, 0) is 14.0 Å². The fraction of sp³-hybridized carbons (Fsp3) is 0.778. The predicted molar refractivity (Wildman–Crippen MR) is 74.3 cm³/mol. The lowest BCUT2D eigenvalue weighted by atomic mass is 10.3. The van der Waals surface area contributed by atoms with Crippen LogP contribution in [-0.4, -0.2) is 56.3 Å². The molecule has 2 N–H and O–H groups in total. The zero-order valence-corrected chi connectivity index (χ0v) is 14.1. The van der Waals surface area contributed by atoms with Crippen molar-refractivity contribution in [3.8, 4) is 0 Å². The average Bonchev–Trinajstić information content (AvgIpc) is 2.33. The molecule has 1 unspecified atom stereocenters. The van der Waals surface area contributed by atoms with Crippen LogP contribution in [0.3, 0.4) is 0 Å². The van der Waals surface area contributed by atoms with Crippen LogP contribution in [0.4, 0.5) is 0 Å². The fourth-order valence-electron chi connectivity index (χ4n) is 1.96. The van der Waals surface area contributed by atoms with E-state index in [1.807, 2.05) is 0 Å². The van der Waals surface area contributed by atoms with Gasteiger partial charge in [0.15, 0.2) is 0 Å². The highest BCUT2D eigenvalue weighted by atomic mass is 29.6. The molecular weight excluding hydrogens is 270 g/mol. The molecule has 1 rings (SSSR count). The van der Waals surface area contributed by atoms with Crippen molar-refractivity contribution < 1.29 is 19.1 Å². The van der Waals surface area contributed by atoms with E-state index in [2.05, 4.69) is 5.32 Å². The molecule has 0 spiro atoms. The van der Waals surface area contributed by atoms with Crippen molar-refractivity contribution in [1.29, 1.82) is 0 Å². The Morgan fingerprint density at radius 1 is 1.41 bits per heavy atom. The first-order valence-corrected chi connectivity index (χ1v) is 15.2. The standard InChI is InChI=1S/C9H21NO4Si3/c11-8(2-3-9(12)13)10-4-1-7-17-15-6-5-14-16-17/h17H,1-7,15-16H2,(H,10,11)(H,12,13). The highest BCUT2D eigenvalue weighted by molar-refractivity contribution is 7.38. The van der Waals surface area contributed by atoms with Gasteiger partial charge in [-0.3, -0.25) is 9.59 Å². The number of carbonyl (C=O) groups is 2. The molecule has 1 aliphatic heterocycles. The smallest absolute Gasteiger partial charge is 0.303 e. The van der Waals surface area contributed by atoms with E-state index in [-0.39, 0.29) is 37.1 Å². The second kappa shape index (κ2) is 8.61. The minimum Gasteiger partial charge on any atom is -0.481 e. The van der Waals surface area contributed by atoms with Crippen molar-refractivity contribution in [3.63, 3.8) is 0 Å². The van der Waals surface area contributed by atoms with Crippen LogP contribution in [0.15, 0.2) is 0 Å². The van der Waals surface area contributed by atoms with Gasteiger partial charge in [0.2, 0.25) is 5.91 Å². The Kier molecular flexibility index (Phi) is 7.40. The molecule has 5 nitrogen and oxygen atoms in total. The third-order valence-electron chi connectivity index (χ3n) is 2.93. The summed E-state index contributed by atoms with van der Waals surface area (Å²) in [7, 11) is -0.306. The van der Waals surface area contributed by atoms with E-state index in [1.165, 1.54) is 12.1 Å². The molecule has 17 heavy (non-hydrogen) atoms. The Morgan fingerprint density at radius 2 is 2.24 bits per heavy atom. The maximum Gasteiger partial charge on any atom is 0.303 e. The second-order valence-corrected chi connectivity index (χ2v) is 21.9. The summed E-state index contributed by atoms with van der Waals surface area (Å²) in [5.41, 5.74) is 0. The molecule has 0 aliphatic carbocycles. The Bertz CT molecular complexity index is 259. The quantitative estimate of drug-likeness (QED) is 0.432. The van der Waals surface area contributed by atoms with Crippen LogP contribution in [0.25, 0.3) is 0 Å². The normalized spacial score (nSPS) is 22.7. The molecular formula is C9H21NO4Si3. The molecule has 98 valence electrons. The van der Waals surface area contributed by atoms with Crippen LogP contribution in [0.5, 0.6) is 0 Å². The van der Waals surface area contributed by atoms with Gasteiger partial charge in [-0.25, -0.2) is 0 Å². The molecule has 0 aromatic carbocycles. The van der Waals surface area contributed by atoms with E-state index >= 15 is 0 Å². The number of nitrogens with one attached hydrogen (secondary N) is 1. The summed E-state index contributed by atoms with van der Waals surface area (Å²) in [6, 6.07) is 2.70. The number of aliphatic carboxylic acids is 1. The molecule has 8 heteroatoms. The summed E-state index contributed by atoms with van der Waals surface area (Å²) in [6.07, 6.45) is 1.10. The second-order valence-electron chi connectivity index (χ2n) is 4.47. The third kappa shape index (κ3) is 7.47. The van der Waals surface area contributed by atoms with Crippen LogP contribution >= 0.6 is 0 Å². The molecule has 0 saturated carbocycles. The van der Waals surface area contributed by atoms with Gasteiger partial charge in [-0.2, -0.15) is 0 Å². The Hall–Kier alpha value is -0.449. The molecule has 0 radical (unpaired) electrons. The highest BCUT2D eigenvalue weighted by Gasteiger charge is 2.16. The third-order valence-corrected chi connectivity index (χ3v) is 20.7. The van der Waals surface area contributed by atoms with Gasteiger partial charge in [0.1, 0.15) is 9.28 Å². The molecule has 1 saturated heterocycles. The number of carbonyl (C=O) groups excluding carboxylic acids is 1. The minimum absolute atomic E-state index is 0.0725. The highest BCUT2D eigenvalue weighted by Crippen LogP contribution is 2.02. The molecule has 0 bridgehead atoms. The zero-order valence-electron chi connectivity index (χ0n) is 10.1. The molecule has 0 aromatic rings. The zero-order chi connectivity index (χ0) is 12.5. The molecule has 1 atom stereocenters. The van der Waals surface area contributed by atoms with Crippen LogP contribution in [0, 0.1) is 0 Å². The van der Waals surface area contributed by atoms with Gasteiger partial charge in [0.05, 0.1) is 6.42 Å². The first kappa shape index (κ1) is 14.6. The van der Waals surface area contributed by atoms with Crippen molar-refractivity contribution in [3.05, 3.63) is 0 Å². The van der Waals surface area contributed by atoms with E-state index in [0.29, 0.717) is 6.54 Å². The number of hydrogen-bond acceptors (Lipinski definition) is 3. The van der Waals surface area contributed by atoms with E-state index in [9.17, 15) is 9.59 Å². The monoisotopic (exact) mass is 291 g/mol. The Balaban J connectivity index is 1.95. The first-order valence-electron chi connectivity index (χ1n) is 6.24. The first-order chi connectivity index (χ1) is 8.18. The van der Waals surface area contributed by atoms with Crippen molar-refractivity contribution in [2.45, 2.75) is 31.4 Å². The van der Waals surface area contributed by atoms with Crippen LogP contribution in [0.1, 0.15) is 19.3 Å². The number of hydrogen-bond donors (Lipinski definition) is 2. The molecule has 1 aliphatic rings. The topological polar surface area (TPSA) is 75.6 Å². The van der Waals surface area contributed by atoms with E-state index in [0.717, 1.165) is 13.0 Å². The molecule has 1 heterocycles. The van der Waals surface area contributed by atoms with E-state index in [1.54, 1.807) is 0 Å².